The summed E-state index contributed by atoms with van der Waals surface area (Å²) in [5.41, 5.74) is 0. The van der Waals surface area contributed by atoms with Crippen LogP contribution in [0.5, 0.6) is 0 Å². The first-order valence-corrected chi connectivity index (χ1v) is 5.02. The van der Waals surface area contributed by atoms with Crippen molar-refractivity contribution in [2.24, 2.45) is 0 Å². The van der Waals surface area contributed by atoms with Crippen LogP contribution in [-0.2, 0) is 0 Å². The largest absolute Gasteiger partial charge is 0.317 e. The molecule has 0 amide bonds. The fraction of sp³-hybridized carbons (Fsp3) is 0.500. The summed E-state index contributed by atoms with van der Waals surface area (Å²) in [6.07, 6.45) is 4.22. The molecule has 0 saturated carbocycles. The Labute approximate surface area is 94.7 Å². The van der Waals surface area contributed by atoms with Gasteiger partial charge in [0.1, 0.15) is 0 Å². The van der Waals surface area contributed by atoms with Crippen molar-refractivity contribution in [1.82, 2.24) is 5.32 Å². The highest BCUT2D eigenvalue weighted by Gasteiger charge is 2.04. The van der Waals surface area contributed by atoms with E-state index in [9.17, 15) is 13.2 Å². The minimum absolute atomic E-state index is 0. The first kappa shape index (κ1) is 15.0. The fourth-order valence-electron chi connectivity index (χ4n) is 1.28. The highest BCUT2D eigenvalue weighted by molar-refractivity contribution is 5.07. The van der Waals surface area contributed by atoms with E-state index < -0.39 is 17.5 Å². The minimum Gasteiger partial charge on any atom is -0.317 e. The van der Waals surface area contributed by atoms with Crippen LogP contribution < -0.4 is 5.32 Å². The molecule has 1 aromatic carbocycles. The molecule has 4 heteroatoms. The van der Waals surface area contributed by atoms with Crippen LogP contribution in [0.3, 0.4) is 0 Å². The third-order valence-corrected chi connectivity index (χ3v) is 2.11. The summed E-state index contributed by atoms with van der Waals surface area (Å²) in [5, 5.41) is 3.28. The molecule has 0 aliphatic carbocycles. The lowest BCUT2D eigenvalue weighted by atomic mass is 10.2. The molecule has 0 spiro atoms. The maximum absolute atomic E-state index is 12.0. The van der Waals surface area contributed by atoms with E-state index in [1.165, 1.54) is 32.4 Å². The van der Waals surface area contributed by atoms with Crippen LogP contribution in [0.1, 0.15) is 26.7 Å². The lowest BCUT2D eigenvalue weighted by Gasteiger charge is -2.08. The summed E-state index contributed by atoms with van der Waals surface area (Å²) in [4.78, 5) is 0. The van der Waals surface area contributed by atoms with Gasteiger partial charge in [-0.1, -0.05) is 19.9 Å². The number of hydrogen-bond acceptors (Lipinski definition) is 1. The zero-order chi connectivity index (χ0) is 11.1. The maximum Gasteiger partial charge on any atom is 0.194 e. The smallest absolute Gasteiger partial charge is 0.194 e. The number of benzene rings is 1. The molecule has 1 nitrogen and oxygen atoms in total. The van der Waals surface area contributed by atoms with Crippen molar-refractivity contribution in [1.29, 1.82) is 0 Å². The normalized spacial score (nSPS) is 14.4. The quantitative estimate of drug-likeness (QED) is 0.676. The summed E-state index contributed by atoms with van der Waals surface area (Å²) >= 11 is 0. The highest BCUT2D eigenvalue weighted by Crippen LogP contribution is 2.07. The minimum atomic E-state index is -1.42. The standard InChI is InChI=1S/C6H3F3.C5H11N.CH4/c7-4-2-1-3-5(8)6(4)9;1-2-4-6-5-3-1;/h1-3H;6H,1-5H2;1H4. The molecule has 16 heavy (non-hydrogen) atoms. The molecular formula is C12H18F3N. The van der Waals surface area contributed by atoms with Crippen molar-refractivity contribution < 1.29 is 13.2 Å². The Balaban J connectivity index is 0.000000283. The molecule has 92 valence electrons. The summed E-state index contributed by atoms with van der Waals surface area (Å²) in [6, 6.07) is 2.82. The summed E-state index contributed by atoms with van der Waals surface area (Å²) < 4.78 is 35.9. The van der Waals surface area contributed by atoms with Gasteiger partial charge in [-0.2, -0.15) is 0 Å². The van der Waals surface area contributed by atoms with E-state index in [2.05, 4.69) is 5.32 Å². The second-order valence-corrected chi connectivity index (χ2v) is 3.35. The van der Waals surface area contributed by atoms with Gasteiger partial charge < -0.3 is 5.32 Å². The van der Waals surface area contributed by atoms with E-state index in [0.29, 0.717) is 0 Å². The van der Waals surface area contributed by atoms with Crippen LogP contribution >= 0.6 is 0 Å². The molecule has 0 aromatic heterocycles. The van der Waals surface area contributed by atoms with Crippen LogP contribution in [0.4, 0.5) is 13.2 Å². The van der Waals surface area contributed by atoms with Crippen LogP contribution in [0.15, 0.2) is 18.2 Å². The number of halogens is 3. The molecule has 0 unspecified atom stereocenters. The molecule has 1 aliphatic rings. The number of rotatable bonds is 0. The van der Waals surface area contributed by atoms with Crippen molar-refractivity contribution in [3.8, 4) is 0 Å². The molecule has 1 heterocycles. The van der Waals surface area contributed by atoms with Crippen LogP contribution in [0, 0.1) is 17.5 Å². The molecule has 1 saturated heterocycles. The van der Waals surface area contributed by atoms with E-state index >= 15 is 0 Å². The summed E-state index contributed by atoms with van der Waals surface area (Å²) in [6.45, 7) is 2.50. The van der Waals surface area contributed by atoms with E-state index in [1.54, 1.807) is 0 Å². The van der Waals surface area contributed by atoms with Crippen molar-refractivity contribution >= 4 is 0 Å². The molecule has 2 rings (SSSR count). The topological polar surface area (TPSA) is 12.0 Å². The Morgan fingerprint density at radius 3 is 1.62 bits per heavy atom. The third kappa shape index (κ3) is 5.16. The molecule has 0 bridgehead atoms. The second kappa shape index (κ2) is 8.16. The average Bonchev–Trinajstić information content (AvgIpc) is 2.29. The molecular weight excluding hydrogens is 215 g/mol. The molecule has 0 radical (unpaired) electrons. The lowest BCUT2D eigenvalue weighted by Crippen LogP contribution is -2.21. The molecule has 1 aliphatic heterocycles. The van der Waals surface area contributed by atoms with Gasteiger partial charge in [-0.05, 0) is 38.1 Å². The van der Waals surface area contributed by atoms with Gasteiger partial charge in [0.15, 0.2) is 17.5 Å². The van der Waals surface area contributed by atoms with Gasteiger partial charge in [0.2, 0.25) is 0 Å². The monoisotopic (exact) mass is 233 g/mol. The Kier molecular flexibility index (Phi) is 7.64. The maximum atomic E-state index is 12.0. The Bertz CT molecular complexity index is 267. The van der Waals surface area contributed by atoms with Crippen molar-refractivity contribution in [3.63, 3.8) is 0 Å². The predicted molar refractivity (Wildman–Crippen MR) is 59.8 cm³/mol. The van der Waals surface area contributed by atoms with Gasteiger partial charge in [-0.25, -0.2) is 13.2 Å². The first-order valence-electron chi connectivity index (χ1n) is 5.02. The van der Waals surface area contributed by atoms with Gasteiger partial charge in [-0.15, -0.1) is 0 Å². The third-order valence-electron chi connectivity index (χ3n) is 2.11. The summed E-state index contributed by atoms with van der Waals surface area (Å²) in [7, 11) is 0. The lowest BCUT2D eigenvalue weighted by molar-refractivity contribution is 0.447. The molecule has 1 N–H and O–H groups in total. The Morgan fingerprint density at radius 1 is 0.875 bits per heavy atom. The summed E-state index contributed by atoms with van der Waals surface area (Å²) in [5.74, 6) is -3.73. The number of hydrogen-bond donors (Lipinski definition) is 1. The van der Waals surface area contributed by atoms with Crippen LogP contribution in [0.2, 0.25) is 0 Å². The number of piperidine rings is 1. The van der Waals surface area contributed by atoms with Crippen LogP contribution in [-0.4, -0.2) is 13.1 Å². The molecule has 1 fully saturated rings. The average molecular weight is 233 g/mol. The molecule has 1 aromatic rings. The Morgan fingerprint density at radius 2 is 1.38 bits per heavy atom. The van der Waals surface area contributed by atoms with E-state index in [-0.39, 0.29) is 7.43 Å². The number of nitrogens with one attached hydrogen (secondary N) is 1. The molecule has 0 atom stereocenters. The van der Waals surface area contributed by atoms with E-state index in [4.69, 9.17) is 0 Å². The van der Waals surface area contributed by atoms with Crippen molar-refractivity contribution in [2.45, 2.75) is 26.7 Å². The second-order valence-electron chi connectivity index (χ2n) is 3.35. The van der Waals surface area contributed by atoms with Gasteiger partial charge >= 0.3 is 0 Å². The van der Waals surface area contributed by atoms with E-state index in [1.807, 2.05) is 0 Å². The van der Waals surface area contributed by atoms with Crippen LogP contribution in [0.25, 0.3) is 0 Å². The highest BCUT2D eigenvalue weighted by atomic mass is 19.2. The van der Waals surface area contributed by atoms with Gasteiger partial charge in [0.25, 0.3) is 0 Å². The van der Waals surface area contributed by atoms with Crippen molar-refractivity contribution in [3.05, 3.63) is 35.7 Å². The van der Waals surface area contributed by atoms with Gasteiger partial charge in [0, 0.05) is 0 Å². The van der Waals surface area contributed by atoms with E-state index in [0.717, 1.165) is 18.2 Å². The first-order chi connectivity index (χ1) is 7.22. The van der Waals surface area contributed by atoms with Gasteiger partial charge in [0.05, 0.1) is 0 Å². The fourth-order valence-corrected chi connectivity index (χ4v) is 1.28. The zero-order valence-corrected chi connectivity index (χ0v) is 8.40. The van der Waals surface area contributed by atoms with Gasteiger partial charge in [-0.3, -0.25) is 0 Å². The Hall–Kier alpha value is -1.03. The van der Waals surface area contributed by atoms with Crippen molar-refractivity contribution in [2.75, 3.05) is 13.1 Å². The predicted octanol–water partition coefficient (Wildman–Crippen LogP) is 3.50. The zero-order valence-electron chi connectivity index (χ0n) is 8.40. The SMILES string of the molecule is C.C1CCNCC1.Fc1cccc(F)c1F.